The number of carbonyl (C=O) groups excluding carboxylic acids is 1. The molecule has 1 amide bonds. The molecule has 1 heterocycles. The number of nitrogens with zero attached hydrogens (tertiary/aromatic N) is 1. The summed E-state index contributed by atoms with van der Waals surface area (Å²) in [6.07, 6.45) is 2.22. The SMILES string of the molecule is CC1(C(=O)O)CCCC1NC(=O)C(C)(C)N1CCNCC1. The van der Waals surface area contributed by atoms with E-state index < -0.39 is 16.9 Å². The number of amides is 1. The highest BCUT2D eigenvalue weighted by atomic mass is 16.4. The van der Waals surface area contributed by atoms with E-state index in [1.807, 2.05) is 13.8 Å². The van der Waals surface area contributed by atoms with E-state index in [1.54, 1.807) is 6.92 Å². The highest BCUT2D eigenvalue weighted by Gasteiger charge is 2.47. The van der Waals surface area contributed by atoms with Gasteiger partial charge in [-0.2, -0.15) is 0 Å². The van der Waals surface area contributed by atoms with Crippen molar-refractivity contribution < 1.29 is 14.7 Å². The van der Waals surface area contributed by atoms with Crippen LogP contribution in [0, 0.1) is 5.41 Å². The summed E-state index contributed by atoms with van der Waals surface area (Å²) >= 11 is 0. The Balaban J connectivity index is 2.04. The lowest BCUT2D eigenvalue weighted by atomic mass is 9.84. The minimum absolute atomic E-state index is 0.0659. The van der Waals surface area contributed by atoms with E-state index in [-0.39, 0.29) is 11.9 Å². The number of hydrogen-bond acceptors (Lipinski definition) is 4. The highest BCUT2D eigenvalue weighted by molar-refractivity contribution is 5.87. The Kier molecular flexibility index (Phi) is 4.58. The second-order valence-corrected chi connectivity index (χ2v) is 6.94. The van der Waals surface area contributed by atoms with Gasteiger partial charge in [0, 0.05) is 32.2 Å². The number of carboxylic acid groups (broad SMARTS) is 1. The van der Waals surface area contributed by atoms with Crippen molar-refractivity contribution in [3.8, 4) is 0 Å². The predicted octanol–water partition coefficient (Wildman–Crippen LogP) is 0.430. The first kappa shape index (κ1) is 16.2. The maximum absolute atomic E-state index is 12.7. The fourth-order valence-electron chi connectivity index (χ4n) is 3.36. The van der Waals surface area contributed by atoms with Gasteiger partial charge in [0.05, 0.1) is 11.0 Å². The van der Waals surface area contributed by atoms with Crippen molar-refractivity contribution in [1.29, 1.82) is 0 Å². The number of carbonyl (C=O) groups is 2. The summed E-state index contributed by atoms with van der Waals surface area (Å²) < 4.78 is 0. The standard InChI is InChI=1S/C15H27N3O3/c1-14(2,18-9-7-16-8-10-18)12(19)17-11-5-4-6-15(11,3)13(20)21/h11,16H,4-10H2,1-3H3,(H,17,19)(H,20,21). The lowest BCUT2D eigenvalue weighted by molar-refractivity contribution is -0.149. The molecule has 1 saturated carbocycles. The molecule has 3 N–H and O–H groups in total. The van der Waals surface area contributed by atoms with E-state index in [1.165, 1.54) is 0 Å². The molecule has 0 aromatic heterocycles. The van der Waals surface area contributed by atoms with Gasteiger partial charge < -0.3 is 15.7 Å². The summed E-state index contributed by atoms with van der Waals surface area (Å²) in [5, 5.41) is 15.7. The third kappa shape index (κ3) is 3.06. The first-order valence-electron chi connectivity index (χ1n) is 7.78. The molecule has 1 saturated heterocycles. The monoisotopic (exact) mass is 297 g/mol. The van der Waals surface area contributed by atoms with Gasteiger partial charge in [0.1, 0.15) is 0 Å². The molecule has 0 radical (unpaired) electrons. The summed E-state index contributed by atoms with van der Waals surface area (Å²) in [5.41, 5.74) is -1.45. The first-order valence-corrected chi connectivity index (χ1v) is 7.78. The van der Waals surface area contributed by atoms with Crippen molar-refractivity contribution in [2.45, 2.75) is 51.6 Å². The van der Waals surface area contributed by atoms with Crippen LogP contribution in [0.1, 0.15) is 40.0 Å². The molecule has 0 spiro atoms. The van der Waals surface area contributed by atoms with Gasteiger partial charge in [-0.05, 0) is 33.6 Å². The average molecular weight is 297 g/mol. The van der Waals surface area contributed by atoms with E-state index in [2.05, 4.69) is 15.5 Å². The molecular formula is C15H27N3O3. The molecule has 2 atom stereocenters. The van der Waals surface area contributed by atoms with Crippen LogP contribution < -0.4 is 10.6 Å². The van der Waals surface area contributed by atoms with Gasteiger partial charge in [0.25, 0.3) is 0 Å². The number of carboxylic acids is 1. The topological polar surface area (TPSA) is 81.7 Å². The van der Waals surface area contributed by atoms with Crippen LogP contribution in [0.3, 0.4) is 0 Å². The van der Waals surface area contributed by atoms with Gasteiger partial charge >= 0.3 is 5.97 Å². The molecule has 120 valence electrons. The molecule has 2 rings (SSSR count). The quantitative estimate of drug-likeness (QED) is 0.701. The molecule has 2 aliphatic rings. The van der Waals surface area contributed by atoms with E-state index in [0.717, 1.165) is 39.0 Å². The minimum Gasteiger partial charge on any atom is -0.481 e. The lowest BCUT2D eigenvalue weighted by Crippen LogP contribution is -2.62. The Hall–Kier alpha value is -1.14. The zero-order chi connectivity index (χ0) is 15.7. The third-order valence-electron chi connectivity index (χ3n) is 5.22. The Morgan fingerprint density at radius 3 is 2.52 bits per heavy atom. The number of aliphatic carboxylic acids is 1. The third-order valence-corrected chi connectivity index (χ3v) is 5.22. The molecule has 1 aliphatic carbocycles. The van der Waals surface area contributed by atoms with Crippen LogP contribution in [0.25, 0.3) is 0 Å². The second kappa shape index (κ2) is 5.93. The number of rotatable bonds is 4. The number of hydrogen-bond donors (Lipinski definition) is 3. The predicted molar refractivity (Wildman–Crippen MR) is 80.0 cm³/mol. The molecule has 0 bridgehead atoms. The van der Waals surface area contributed by atoms with Crippen molar-refractivity contribution in [3.63, 3.8) is 0 Å². The maximum atomic E-state index is 12.7. The molecule has 2 unspecified atom stereocenters. The normalized spacial score (nSPS) is 31.1. The summed E-state index contributed by atoms with van der Waals surface area (Å²) in [6, 6.07) is -0.273. The summed E-state index contributed by atoms with van der Waals surface area (Å²) in [7, 11) is 0. The fourth-order valence-corrected chi connectivity index (χ4v) is 3.36. The van der Waals surface area contributed by atoms with Crippen molar-refractivity contribution >= 4 is 11.9 Å². The van der Waals surface area contributed by atoms with Crippen LogP contribution in [-0.4, -0.2) is 59.6 Å². The number of nitrogens with one attached hydrogen (secondary N) is 2. The van der Waals surface area contributed by atoms with Crippen molar-refractivity contribution in [2.75, 3.05) is 26.2 Å². The summed E-state index contributed by atoms with van der Waals surface area (Å²) in [5.74, 6) is -0.881. The van der Waals surface area contributed by atoms with Crippen LogP contribution in [0.4, 0.5) is 0 Å². The van der Waals surface area contributed by atoms with Gasteiger partial charge in [-0.15, -0.1) is 0 Å². The number of piperazine rings is 1. The van der Waals surface area contributed by atoms with Crippen LogP contribution in [0.15, 0.2) is 0 Å². The van der Waals surface area contributed by atoms with Crippen molar-refractivity contribution in [2.24, 2.45) is 5.41 Å². The molecule has 2 fully saturated rings. The molecule has 6 heteroatoms. The minimum atomic E-state index is -0.838. The zero-order valence-electron chi connectivity index (χ0n) is 13.2. The molecular weight excluding hydrogens is 270 g/mol. The largest absolute Gasteiger partial charge is 0.481 e. The smallest absolute Gasteiger partial charge is 0.311 e. The first-order chi connectivity index (χ1) is 9.78. The Bertz CT molecular complexity index is 418. The second-order valence-electron chi connectivity index (χ2n) is 6.94. The van der Waals surface area contributed by atoms with Gasteiger partial charge in [0.15, 0.2) is 0 Å². The molecule has 6 nitrogen and oxygen atoms in total. The molecule has 1 aliphatic heterocycles. The van der Waals surface area contributed by atoms with E-state index in [4.69, 9.17) is 0 Å². The van der Waals surface area contributed by atoms with Crippen LogP contribution in [0.2, 0.25) is 0 Å². The van der Waals surface area contributed by atoms with Crippen LogP contribution in [-0.2, 0) is 9.59 Å². The average Bonchev–Trinajstić information content (AvgIpc) is 2.82. The van der Waals surface area contributed by atoms with E-state index in [9.17, 15) is 14.7 Å². The fraction of sp³-hybridized carbons (Fsp3) is 0.867. The van der Waals surface area contributed by atoms with Crippen molar-refractivity contribution in [3.05, 3.63) is 0 Å². The summed E-state index contributed by atoms with van der Waals surface area (Å²) in [4.78, 5) is 26.3. The maximum Gasteiger partial charge on any atom is 0.311 e. The Labute approximate surface area is 126 Å². The van der Waals surface area contributed by atoms with Gasteiger partial charge in [0.2, 0.25) is 5.91 Å². The lowest BCUT2D eigenvalue weighted by Gasteiger charge is -2.41. The zero-order valence-corrected chi connectivity index (χ0v) is 13.2. The van der Waals surface area contributed by atoms with Crippen LogP contribution in [0.5, 0.6) is 0 Å². The highest BCUT2D eigenvalue weighted by Crippen LogP contribution is 2.38. The van der Waals surface area contributed by atoms with Gasteiger partial charge in [-0.3, -0.25) is 14.5 Å². The van der Waals surface area contributed by atoms with E-state index >= 15 is 0 Å². The summed E-state index contributed by atoms with van der Waals surface area (Å²) in [6.45, 7) is 9.01. The van der Waals surface area contributed by atoms with Gasteiger partial charge in [-0.25, -0.2) is 0 Å². The van der Waals surface area contributed by atoms with Crippen molar-refractivity contribution in [1.82, 2.24) is 15.5 Å². The molecule has 0 aromatic carbocycles. The Morgan fingerprint density at radius 1 is 1.33 bits per heavy atom. The van der Waals surface area contributed by atoms with E-state index in [0.29, 0.717) is 6.42 Å². The molecule has 21 heavy (non-hydrogen) atoms. The van der Waals surface area contributed by atoms with Gasteiger partial charge in [-0.1, -0.05) is 6.42 Å². The Morgan fingerprint density at radius 2 is 1.95 bits per heavy atom. The van der Waals surface area contributed by atoms with Crippen LogP contribution >= 0.6 is 0 Å². The molecule has 0 aromatic rings.